The van der Waals surface area contributed by atoms with E-state index in [2.05, 4.69) is 106 Å². The zero-order valence-corrected chi connectivity index (χ0v) is 46.8. The van der Waals surface area contributed by atoms with Crippen molar-refractivity contribution in [2.24, 2.45) is 0 Å². The highest BCUT2D eigenvalue weighted by molar-refractivity contribution is 5.74. The largest absolute Gasteiger partial charge is 0.479 e. The highest BCUT2D eigenvalue weighted by atomic mass is 16.7. The van der Waals surface area contributed by atoms with Gasteiger partial charge in [0.1, 0.15) is 18.8 Å². The van der Waals surface area contributed by atoms with Gasteiger partial charge in [-0.15, -0.1) is 0 Å². The summed E-state index contributed by atoms with van der Waals surface area (Å²) in [7, 11) is 0. The molecule has 1 heterocycles. The Hall–Kier alpha value is -4.36. The van der Waals surface area contributed by atoms with Gasteiger partial charge in [0.2, 0.25) is 0 Å². The molecule has 6 atom stereocenters. The third-order valence-corrected chi connectivity index (χ3v) is 12.6. The molecule has 1 saturated heterocycles. The fourth-order valence-corrected chi connectivity index (χ4v) is 8.21. The standard InChI is InChI=1S/C63H102O12/c1-4-7-10-13-16-19-22-25-27-28-30-32-34-37-40-43-46-49-55(64)71-52-54(73-56(65)50-47-44-41-38-35-31-24-21-18-15-12-9-6-3)53-72-63-61(59(68)58(67)60(75-63)62(69)70)74-57(66)51-48-45-42-39-36-33-29-26-23-20-17-14-11-8-5-2/h8-9,11-12,17-18,20-21,25-27,29,31,35,41,44,54,58-61,63,67-68H,4-7,10,13-16,19,22-24,28,30,32-34,36-40,42-43,45-53H2,1-3H3,(H,69,70)/b11-8-,12-9-,20-17-,21-18-,27-25-,29-26-,35-31-,44-41-. The van der Waals surface area contributed by atoms with Gasteiger partial charge in [-0.3, -0.25) is 14.4 Å². The minimum atomic E-state index is -1.92. The molecular formula is C63H102O12. The number of rotatable bonds is 48. The molecule has 0 saturated carbocycles. The number of allylic oxidation sites excluding steroid dienone is 16. The molecule has 0 amide bonds. The second-order valence-electron chi connectivity index (χ2n) is 19.5. The van der Waals surface area contributed by atoms with Gasteiger partial charge in [-0.1, -0.05) is 201 Å². The lowest BCUT2D eigenvalue weighted by Gasteiger charge is -2.40. The van der Waals surface area contributed by atoms with Crippen LogP contribution < -0.4 is 0 Å². The van der Waals surface area contributed by atoms with Gasteiger partial charge in [0.05, 0.1) is 6.61 Å². The third kappa shape index (κ3) is 40.6. The number of aliphatic carboxylic acids is 1. The van der Waals surface area contributed by atoms with Crippen LogP contribution in [-0.4, -0.2) is 89.2 Å². The van der Waals surface area contributed by atoms with Crippen LogP contribution in [0.2, 0.25) is 0 Å². The minimum absolute atomic E-state index is 0.0286. The highest BCUT2D eigenvalue weighted by Crippen LogP contribution is 2.26. The van der Waals surface area contributed by atoms with Gasteiger partial charge in [-0.05, 0) is 103 Å². The van der Waals surface area contributed by atoms with Crippen LogP contribution in [0.1, 0.15) is 226 Å². The second-order valence-corrected chi connectivity index (χ2v) is 19.5. The number of hydrogen-bond donors (Lipinski definition) is 3. The first-order valence-corrected chi connectivity index (χ1v) is 29.2. The number of ether oxygens (including phenoxy) is 5. The molecule has 0 aromatic heterocycles. The maximum atomic E-state index is 13.1. The predicted octanol–water partition coefficient (Wildman–Crippen LogP) is 14.9. The SMILES string of the molecule is CC/C=C\C/C=C\C/C=C\C/C=C\CCC(=O)OC(COC(=O)CCCCCCCCC/C=C\CCCCCCCC)COC1OC(C(=O)O)C(O)C(O)C1OC(=O)CCCCCCC/C=C\C/C=C\C/C=C\CC. The first kappa shape index (κ1) is 68.7. The molecule has 0 aliphatic carbocycles. The summed E-state index contributed by atoms with van der Waals surface area (Å²) in [5.74, 6) is -3.27. The van der Waals surface area contributed by atoms with Crippen molar-refractivity contribution in [1.82, 2.24) is 0 Å². The fourth-order valence-electron chi connectivity index (χ4n) is 8.21. The van der Waals surface area contributed by atoms with Crippen LogP contribution in [0.15, 0.2) is 97.2 Å². The topological polar surface area (TPSA) is 175 Å². The number of unbranched alkanes of at least 4 members (excludes halogenated alkanes) is 18. The smallest absolute Gasteiger partial charge is 0.335 e. The number of carboxylic acid groups (broad SMARTS) is 1. The van der Waals surface area contributed by atoms with E-state index in [-0.39, 0.29) is 25.9 Å². The van der Waals surface area contributed by atoms with Gasteiger partial charge in [0.25, 0.3) is 0 Å². The molecule has 1 aliphatic heterocycles. The molecule has 6 unspecified atom stereocenters. The molecule has 0 aromatic carbocycles. The zero-order chi connectivity index (χ0) is 54.7. The molecule has 0 aromatic rings. The molecule has 1 rings (SSSR count). The van der Waals surface area contributed by atoms with E-state index in [0.29, 0.717) is 25.7 Å². The summed E-state index contributed by atoms with van der Waals surface area (Å²) in [6.45, 7) is 5.68. The third-order valence-electron chi connectivity index (χ3n) is 12.6. The summed E-state index contributed by atoms with van der Waals surface area (Å²) in [4.78, 5) is 51.0. The van der Waals surface area contributed by atoms with Gasteiger partial charge in [0.15, 0.2) is 24.6 Å². The van der Waals surface area contributed by atoms with Crippen molar-refractivity contribution < 1.29 is 58.2 Å². The molecule has 12 heteroatoms. The predicted molar refractivity (Wildman–Crippen MR) is 303 cm³/mol. The van der Waals surface area contributed by atoms with Gasteiger partial charge in [-0.25, -0.2) is 4.79 Å². The lowest BCUT2D eigenvalue weighted by Crippen LogP contribution is -2.61. The molecule has 0 bridgehead atoms. The van der Waals surface area contributed by atoms with Crippen LogP contribution >= 0.6 is 0 Å². The highest BCUT2D eigenvalue weighted by Gasteiger charge is 2.50. The van der Waals surface area contributed by atoms with Crippen LogP contribution in [0.4, 0.5) is 0 Å². The molecule has 0 radical (unpaired) electrons. The zero-order valence-electron chi connectivity index (χ0n) is 46.8. The van der Waals surface area contributed by atoms with Gasteiger partial charge in [-0.2, -0.15) is 0 Å². The van der Waals surface area contributed by atoms with Gasteiger partial charge in [0, 0.05) is 19.3 Å². The van der Waals surface area contributed by atoms with E-state index in [9.17, 15) is 34.5 Å². The Bertz CT molecular complexity index is 1670. The van der Waals surface area contributed by atoms with E-state index in [1.54, 1.807) is 0 Å². The fraction of sp³-hybridized carbons (Fsp3) is 0.683. The summed E-state index contributed by atoms with van der Waals surface area (Å²) in [6.07, 6.45) is 54.0. The molecule has 75 heavy (non-hydrogen) atoms. The van der Waals surface area contributed by atoms with Crippen molar-refractivity contribution in [3.8, 4) is 0 Å². The van der Waals surface area contributed by atoms with Gasteiger partial charge >= 0.3 is 23.9 Å². The molecule has 1 fully saturated rings. The summed E-state index contributed by atoms with van der Waals surface area (Å²) >= 11 is 0. The summed E-state index contributed by atoms with van der Waals surface area (Å²) in [5, 5.41) is 31.4. The van der Waals surface area contributed by atoms with E-state index < -0.39 is 67.3 Å². The van der Waals surface area contributed by atoms with E-state index in [1.165, 1.54) is 57.8 Å². The van der Waals surface area contributed by atoms with E-state index in [0.717, 1.165) is 103 Å². The summed E-state index contributed by atoms with van der Waals surface area (Å²) in [5.41, 5.74) is 0. The van der Waals surface area contributed by atoms with Crippen molar-refractivity contribution in [3.05, 3.63) is 97.2 Å². The Morgan fingerprint density at radius 1 is 0.453 bits per heavy atom. The van der Waals surface area contributed by atoms with Crippen LogP contribution in [0.25, 0.3) is 0 Å². The molecule has 1 aliphatic rings. The molecular weight excluding hydrogens is 949 g/mol. The molecule has 12 nitrogen and oxygen atoms in total. The number of aliphatic hydroxyl groups excluding tert-OH is 2. The summed E-state index contributed by atoms with van der Waals surface area (Å²) in [6, 6.07) is 0. The Kier molecular flexibility index (Phi) is 46.2. The number of carbonyl (C=O) groups is 4. The normalized spacial score (nSPS) is 18.9. The summed E-state index contributed by atoms with van der Waals surface area (Å²) < 4.78 is 28.3. The lowest BCUT2D eigenvalue weighted by atomic mass is 9.98. The lowest BCUT2D eigenvalue weighted by molar-refractivity contribution is -0.301. The van der Waals surface area contributed by atoms with Crippen LogP contribution in [0.5, 0.6) is 0 Å². The molecule has 426 valence electrons. The first-order valence-electron chi connectivity index (χ1n) is 29.2. The number of carboxylic acids is 1. The minimum Gasteiger partial charge on any atom is -0.479 e. The number of esters is 3. The van der Waals surface area contributed by atoms with E-state index in [1.807, 2.05) is 12.2 Å². The van der Waals surface area contributed by atoms with Crippen LogP contribution in [0, 0.1) is 0 Å². The maximum absolute atomic E-state index is 13.1. The Balaban J connectivity index is 2.73. The average Bonchev–Trinajstić information content (AvgIpc) is 3.39. The second kappa shape index (κ2) is 50.5. The van der Waals surface area contributed by atoms with Crippen LogP contribution in [0.3, 0.4) is 0 Å². The number of hydrogen-bond acceptors (Lipinski definition) is 11. The van der Waals surface area contributed by atoms with Gasteiger partial charge < -0.3 is 39.0 Å². The van der Waals surface area contributed by atoms with Crippen LogP contribution in [-0.2, 0) is 42.9 Å². The maximum Gasteiger partial charge on any atom is 0.335 e. The van der Waals surface area contributed by atoms with Crippen molar-refractivity contribution in [2.75, 3.05) is 13.2 Å². The number of carbonyl (C=O) groups excluding carboxylic acids is 3. The Labute approximate surface area is 453 Å². The molecule has 0 spiro atoms. The Morgan fingerprint density at radius 2 is 0.867 bits per heavy atom. The number of aliphatic hydroxyl groups is 2. The van der Waals surface area contributed by atoms with Crippen molar-refractivity contribution >= 4 is 23.9 Å². The van der Waals surface area contributed by atoms with Crippen molar-refractivity contribution in [1.29, 1.82) is 0 Å². The van der Waals surface area contributed by atoms with E-state index >= 15 is 0 Å². The van der Waals surface area contributed by atoms with Crippen molar-refractivity contribution in [3.63, 3.8) is 0 Å². The average molecular weight is 1050 g/mol. The first-order chi connectivity index (χ1) is 36.6. The van der Waals surface area contributed by atoms with Crippen molar-refractivity contribution in [2.45, 2.75) is 263 Å². The monoisotopic (exact) mass is 1050 g/mol. The molecule has 3 N–H and O–H groups in total. The quantitative estimate of drug-likeness (QED) is 0.0228. The van der Waals surface area contributed by atoms with E-state index in [4.69, 9.17) is 23.7 Å². The Morgan fingerprint density at radius 3 is 1.35 bits per heavy atom.